The van der Waals surface area contributed by atoms with Crippen molar-refractivity contribution in [3.8, 4) is 11.1 Å². The fourth-order valence-electron chi connectivity index (χ4n) is 3.51. The van der Waals surface area contributed by atoms with Crippen LogP contribution in [0.2, 0.25) is 0 Å². The predicted octanol–water partition coefficient (Wildman–Crippen LogP) is 3.03. The number of benzene rings is 1. The Bertz CT molecular complexity index is 897. The number of carbonyl (C=O) groups is 1. The largest absolute Gasteiger partial charge is 0.441 e. The first-order valence-corrected chi connectivity index (χ1v) is 9.78. The molecule has 2 saturated heterocycles. The molecule has 1 atom stereocenters. The van der Waals surface area contributed by atoms with Gasteiger partial charge in [0.15, 0.2) is 0 Å². The van der Waals surface area contributed by atoms with Crippen molar-refractivity contribution in [3.05, 3.63) is 48.0 Å². The third kappa shape index (κ3) is 4.37. The molecule has 4 rings (SSSR count). The van der Waals surface area contributed by atoms with Crippen LogP contribution >= 0.6 is 0 Å². The highest BCUT2D eigenvalue weighted by Gasteiger charge is 2.32. The number of aliphatic hydroxyl groups is 1. The average molecular weight is 398 g/mol. The number of piperidine rings is 1. The Morgan fingerprint density at radius 1 is 1.24 bits per heavy atom. The summed E-state index contributed by atoms with van der Waals surface area (Å²) in [6.45, 7) is 1.87. The lowest BCUT2D eigenvalue weighted by Crippen LogP contribution is -2.25. The summed E-state index contributed by atoms with van der Waals surface area (Å²) in [5, 5.41) is 15.6. The van der Waals surface area contributed by atoms with Crippen molar-refractivity contribution in [2.75, 3.05) is 31.1 Å². The van der Waals surface area contributed by atoms with E-state index in [2.05, 4.69) is 10.1 Å². The van der Waals surface area contributed by atoms with E-state index in [1.165, 1.54) is 17.4 Å². The first kappa shape index (κ1) is 19.3. The third-order valence-electron chi connectivity index (χ3n) is 5.13. The maximum atomic E-state index is 14.7. The van der Waals surface area contributed by atoms with Crippen LogP contribution in [0.5, 0.6) is 0 Å². The Morgan fingerprint density at radius 2 is 2.07 bits per heavy atom. The van der Waals surface area contributed by atoms with Gasteiger partial charge in [-0.25, -0.2) is 9.18 Å². The fraction of sp³-hybridized carbons (Fsp3) is 0.381. The molecule has 0 unspecified atom stereocenters. The molecule has 152 valence electrons. The number of amides is 1. The number of carbonyl (C=O) groups excluding carboxylic acids is 1. The van der Waals surface area contributed by atoms with Gasteiger partial charge in [0, 0.05) is 30.4 Å². The Hall–Kier alpha value is -3.00. The molecule has 2 fully saturated rings. The highest BCUT2D eigenvalue weighted by atomic mass is 19.1. The molecule has 2 aromatic rings. The van der Waals surface area contributed by atoms with Gasteiger partial charge in [0.25, 0.3) is 0 Å². The Kier molecular flexibility index (Phi) is 5.71. The number of pyridine rings is 1. The number of hydrogen-bond donors (Lipinski definition) is 1. The van der Waals surface area contributed by atoms with Crippen LogP contribution in [0, 0.1) is 5.82 Å². The van der Waals surface area contributed by atoms with E-state index in [0.717, 1.165) is 25.9 Å². The number of hydrazone groups is 1. The van der Waals surface area contributed by atoms with Crippen LogP contribution in [0.1, 0.15) is 25.0 Å². The van der Waals surface area contributed by atoms with Gasteiger partial charge in [-0.1, -0.05) is 6.07 Å². The second-order valence-electron chi connectivity index (χ2n) is 7.19. The van der Waals surface area contributed by atoms with Gasteiger partial charge in [-0.05, 0) is 43.5 Å². The van der Waals surface area contributed by atoms with Crippen LogP contribution in [0.25, 0.3) is 11.1 Å². The number of anilines is 1. The van der Waals surface area contributed by atoms with Gasteiger partial charge in [-0.2, -0.15) is 5.10 Å². The van der Waals surface area contributed by atoms with Crippen LogP contribution in [-0.2, 0) is 4.74 Å². The van der Waals surface area contributed by atoms with Gasteiger partial charge in [0.05, 0.1) is 30.7 Å². The van der Waals surface area contributed by atoms with Crippen molar-refractivity contribution in [1.82, 2.24) is 9.99 Å². The van der Waals surface area contributed by atoms with E-state index in [0.29, 0.717) is 22.5 Å². The van der Waals surface area contributed by atoms with Crippen molar-refractivity contribution in [3.63, 3.8) is 0 Å². The van der Waals surface area contributed by atoms with Gasteiger partial charge in [-0.3, -0.25) is 14.9 Å². The summed E-state index contributed by atoms with van der Waals surface area (Å²) in [5.41, 5.74) is 2.14. The number of aliphatic hydroxyl groups excluding tert-OH is 1. The lowest BCUT2D eigenvalue weighted by atomic mass is 10.1. The summed E-state index contributed by atoms with van der Waals surface area (Å²) in [6.07, 6.45) is 5.74. The van der Waals surface area contributed by atoms with Crippen LogP contribution in [0.15, 0.2) is 41.6 Å². The quantitative estimate of drug-likeness (QED) is 0.784. The third-order valence-corrected chi connectivity index (χ3v) is 5.13. The summed E-state index contributed by atoms with van der Waals surface area (Å²) < 4.78 is 19.7. The molecule has 1 N–H and O–H groups in total. The second kappa shape index (κ2) is 8.57. The highest BCUT2D eigenvalue weighted by Crippen LogP contribution is 2.28. The van der Waals surface area contributed by atoms with Crippen molar-refractivity contribution in [2.24, 2.45) is 5.10 Å². The molecule has 0 radical (unpaired) electrons. The van der Waals surface area contributed by atoms with Gasteiger partial charge in [0.1, 0.15) is 11.9 Å². The molecule has 0 saturated carbocycles. The van der Waals surface area contributed by atoms with Gasteiger partial charge >= 0.3 is 6.09 Å². The molecule has 7 nitrogen and oxygen atoms in total. The van der Waals surface area contributed by atoms with E-state index in [9.17, 15) is 9.18 Å². The molecule has 1 aromatic heterocycles. The first-order chi connectivity index (χ1) is 14.1. The molecule has 29 heavy (non-hydrogen) atoms. The summed E-state index contributed by atoms with van der Waals surface area (Å²) in [4.78, 5) is 17.5. The Morgan fingerprint density at radius 3 is 2.72 bits per heavy atom. The topological polar surface area (TPSA) is 78.3 Å². The zero-order valence-electron chi connectivity index (χ0n) is 16.0. The van der Waals surface area contributed by atoms with Crippen LogP contribution < -0.4 is 4.90 Å². The normalized spacial score (nSPS) is 19.8. The monoisotopic (exact) mass is 398 g/mol. The Labute approximate surface area is 168 Å². The second-order valence-corrected chi connectivity index (χ2v) is 7.19. The van der Waals surface area contributed by atoms with Crippen molar-refractivity contribution >= 4 is 18.0 Å². The molecule has 0 spiro atoms. The van der Waals surface area contributed by atoms with Crippen LogP contribution in [0.3, 0.4) is 0 Å². The van der Waals surface area contributed by atoms with E-state index in [-0.39, 0.29) is 13.2 Å². The number of nitrogens with zero attached hydrogens (tertiary/aromatic N) is 4. The number of hydrogen-bond acceptors (Lipinski definition) is 6. The summed E-state index contributed by atoms with van der Waals surface area (Å²) in [7, 11) is 0. The standard InChI is InChI=1S/C21H23FN4O3/c22-20-10-17(26-13-18(14-27)29-21(26)28)6-7-19(20)15-4-5-16(23-11-15)12-24-25-8-2-1-3-9-25/h4-7,10-12,18,27H,1-3,8-9,13-14H2/b24-12+/t18-/m1/s1. The number of rotatable bonds is 5. The van der Waals surface area contributed by atoms with Crippen molar-refractivity contribution < 1.29 is 19.0 Å². The maximum absolute atomic E-state index is 14.7. The SMILES string of the molecule is O=C1O[C@@H](CO)CN1c1ccc(-c2ccc(/C=N/N3CCCCC3)nc2)c(F)c1. The van der Waals surface area contributed by atoms with E-state index in [1.54, 1.807) is 36.7 Å². The highest BCUT2D eigenvalue weighted by molar-refractivity contribution is 5.90. The lowest BCUT2D eigenvalue weighted by molar-refractivity contribution is 0.0963. The molecule has 1 aromatic carbocycles. The average Bonchev–Trinajstić information content (AvgIpc) is 3.14. The predicted molar refractivity (Wildman–Crippen MR) is 107 cm³/mol. The molecule has 8 heteroatoms. The molecule has 0 bridgehead atoms. The number of ether oxygens (including phenoxy) is 1. The van der Waals surface area contributed by atoms with E-state index < -0.39 is 18.0 Å². The van der Waals surface area contributed by atoms with E-state index in [1.807, 2.05) is 5.01 Å². The molecule has 2 aliphatic heterocycles. The van der Waals surface area contributed by atoms with Crippen molar-refractivity contribution in [1.29, 1.82) is 0 Å². The minimum absolute atomic E-state index is 0.195. The smallest absolute Gasteiger partial charge is 0.414 e. The zero-order valence-corrected chi connectivity index (χ0v) is 16.0. The Balaban J connectivity index is 1.47. The van der Waals surface area contributed by atoms with Gasteiger partial charge < -0.3 is 9.84 Å². The summed E-state index contributed by atoms with van der Waals surface area (Å²) in [5.74, 6) is -0.459. The summed E-state index contributed by atoms with van der Waals surface area (Å²) in [6, 6.07) is 8.17. The molecule has 3 heterocycles. The minimum atomic E-state index is -0.589. The minimum Gasteiger partial charge on any atom is -0.441 e. The molecular formula is C21H23FN4O3. The number of aromatic nitrogens is 1. The molecular weight excluding hydrogens is 375 g/mol. The van der Waals surface area contributed by atoms with Crippen molar-refractivity contribution in [2.45, 2.75) is 25.4 Å². The molecule has 0 aliphatic carbocycles. The van der Waals surface area contributed by atoms with E-state index >= 15 is 0 Å². The first-order valence-electron chi connectivity index (χ1n) is 9.78. The van der Waals surface area contributed by atoms with Gasteiger partial charge in [-0.15, -0.1) is 0 Å². The summed E-state index contributed by atoms with van der Waals surface area (Å²) >= 11 is 0. The number of halogens is 1. The van der Waals surface area contributed by atoms with Gasteiger partial charge in [0.2, 0.25) is 0 Å². The fourth-order valence-corrected chi connectivity index (χ4v) is 3.51. The maximum Gasteiger partial charge on any atom is 0.414 e. The lowest BCUT2D eigenvalue weighted by Gasteiger charge is -2.23. The number of cyclic esters (lactones) is 1. The molecule has 1 amide bonds. The van der Waals surface area contributed by atoms with Crippen LogP contribution in [0.4, 0.5) is 14.9 Å². The zero-order chi connectivity index (χ0) is 20.2. The molecule has 2 aliphatic rings. The van der Waals surface area contributed by atoms with E-state index in [4.69, 9.17) is 9.84 Å². The van der Waals surface area contributed by atoms with Crippen LogP contribution in [-0.4, -0.2) is 59.8 Å².